The van der Waals surface area contributed by atoms with Crippen molar-refractivity contribution in [2.75, 3.05) is 47.1 Å². The number of hydrogen-bond donors (Lipinski definition) is 2. The fraction of sp³-hybridized carbons (Fsp3) is 0.480. The third kappa shape index (κ3) is 9.29. The Kier molecular flexibility index (Phi) is 12.2. The number of aryl methyl sites for hydroxylation is 1. The molecule has 2 aromatic carbocycles. The van der Waals surface area contributed by atoms with Crippen LogP contribution in [-0.2, 0) is 11.3 Å². The van der Waals surface area contributed by atoms with Crippen LogP contribution in [0.1, 0.15) is 24.0 Å². The summed E-state index contributed by atoms with van der Waals surface area (Å²) in [7, 11) is 3.43. The van der Waals surface area contributed by atoms with Crippen LogP contribution in [-0.4, -0.2) is 53.1 Å². The van der Waals surface area contributed by atoms with Gasteiger partial charge < -0.3 is 29.6 Å². The fourth-order valence-corrected chi connectivity index (χ4v) is 3.41. The summed E-state index contributed by atoms with van der Waals surface area (Å²) in [5.41, 5.74) is 2.30. The number of halogens is 1. The topological polar surface area (TPSA) is 73.3 Å². The number of aliphatic imine (C=N–C) groups is 1. The summed E-state index contributed by atoms with van der Waals surface area (Å²) in [5, 5.41) is 6.71. The number of ether oxygens (including phenoxy) is 4. The SMILES string of the molecule is CN=C(NCCCOc1ccc(OC)cc1)NCc1ccc(C)cc1OCC1CCOC1.I. The van der Waals surface area contributed by atoms with Crippen LogP contribution in [0.25, 0.3) is 0 Å². The normalized spacial score (nSPS) is 15.5. The van der Waals surface area contributed by atoms with Gasteiger partial charge in [-0.2, -0.15) is 0 Å². The van der Waals surface area contributed by atoms with Crippen LogP contribution in [0.3, 0.4) is 0 Å². The zero-order chi connectivity index (χ0) is 22.6. The Morgan fingerprint density at radius 2 is 1.88 bits per heavy atom. The predicted octanol–water partition coefficient (Wildman–Crippen LogP) is 4.17. The molecule has 0 aliphatic carbocycles. The highest BCUT2D eigenvalue weighted by molar-refractivity contribution is 14.0. The van der Waals surface area contributed by atoms with E-state index in [1.807, 2.05) is 24.3 Å². The molecule has 1 aliphatic heterocycles. The molecular formula is C25H36IN3O4. The van der Waals surface area contributed by atoms with Gasteiger partial charge in [-0.15, -0.1) is 24.0 Å². The van der Waals surface area contributed by atoms with Gasteiger partial charge >= 0.3 is 0 Å². The summed E-state index contributed by atoms with van der Waals surface area (Å²) in [5.74, 6) is 3.82. The number of guanidine groups is 1. The van der Waals surface area contributed by atoms with Gasteiger partial charge in [-0.25, -0.2) is 0 Å². The molecule has 1 atom stereocenters. The molecule has 1 heterocycles. The molecule has 0 bridgehead atoms. The van der Waals surface area contributed by atoms with Gasteiger partial charge in [-0.1, -0.05) is 12.1 Å². The van der Waals surface area contributed by atoms with Crippen molar-refractivity contribution >= 4 is 29.9 Å². The molecule has 182 valence electrons. The first-order valence-corrected chi connectivity index (χ1v) is 11.2. The second-order valence-electron chi connectivity index (χ2n) is 7.88. The molecule has 3 rings (SSSR count). The Balaban J connectivity index is 0.00000385. The van der Waals surface area contributed by atoms with Gasteiger partial charge in [0.2, 0.25) is 0 Å². The summed E-state index contributed by atoms with van der Waals surface area (Å²) in [6.07, 6.45) is 1.92. The van der Waals surface area contributed by atoms with Crippen molar-refractivity contribution in [1.82, 2.24) is 10.6 Å². The molecule has 2 aromatic rings. The maximum absolute atomic E-state index is 6.13. The maximum Gasteiger partial charge on any atom is 0.191 e. The third-order valence-electron chi connectivity index (χ3n) is 5.33. The summed E-state index contributed by atoms with van der Waals surface area (Å²) in [6.45, 7) is 6.42. The lowest BCUT2D eigenvalue weighted by Crippen LogP contribution is -2.37. The first kappa shape index (κ1) is 27.0. The van der Waals surface area contributed by atoms with Gasteiger partial charge in [0.25, 0.3) is 0 Å². The van der Waals surface area contributed by atoms with Gasteiger partial charge in [0, 0.05) is 38.2 Å². The Hall–Kier alpha value is -2.20. The molecule has 1 saturated heterocycles. The van der Waals surface area contributed by atoms with Crippen LogP contribution >= 0.6 is 24.0 Å². The summed E-state index contributed by atoms with van der Waals surface area (Å²) in [4.78, 5) is 4.32. The Morgan fingerprint density at radius 1 is 1.09 bits per heavy atom. The van der Waals surface area contributed by atoms with Crippen molar-refractivity contribution < 1.29 is 18.9 Å². The number of nitrogens with one attached hydrogen (secondary N) is 2. The lowest BCUT2D eigenvalue weighted by Gasteiger charge is -2.17. The van der Waals surface area contributed by atoms with Crippen molar-refractivity contribution in [2.24, 2.45) is 10.9 Å². The zero-order valence-electron chi connectivity index (χ0n) is 19.8. The minimum absolute atomic E-state index is 0. The average molecular weight is 569 g/mol. The number of benzene rings is 2. The summed E-state index contributed by atoms with van der Waals surface area (Å²) < 4.78 is 22.5. The van der Waals surface area contributed by atoms with E-state index in [0.717, 1.165) is 61.4 Å². The summed E-state index contributed by atoms with van der Waals surface area (Å²) >= 11 is 0. The van der Waals surface area contributed by atoms with E-state index in [2.05, 4.69) is 40.7 Å². The van der Waals surface area contributed by atoms with Gasteiger partial charge in [0.05, 0.1) is 26.9 Å². The van der Waals surface area contributed by atoms with Crippen LogP contribution in [0, 0.1) is 12.8 Å². The Bertz CT molecular complexity index is 855. The highest BCUT2D eigenvalue weighted by Gasteiger charge is 2.17. The number of methoxy groups -OCH3 is 1. The molecule has 1 fully saturated rings. The first-order valence-electron chi connectivity index (χ1n) is 11.2. The molecule has 7 nitrogen and oxygen atoms in total. The molecule has 1 aliphatic rings. The molecule has 1 unspecified atom stereocenters. The van der Waals surface area contributed by atoms with Crippen molar-refractivity contribution in [2.45, 2.75) is 26.3 Å². The van der Waals surface area contributed by atoms with Gasteiger partial charge in [0.15, 0.2) is 5.96 Å². The van der Waals surface area contributed by atoms with Crippen LogP contribution < -0.4 is 24.8 Å². The molecular weight excluding hydrogens is 533 g/mol. The predicted molar refractivity (Wildman–Crippen MR) is 142 cm³/mol. The average Bonchev–Trinajstić information content (AvgIpc) is 3.34. The van der Waals surface area contributed by atoms with Crippen molar-refractivity contribution in [3.63, 3.8) is 0 Å². The van der Waals surface area contributed by atoms with Crippen molar-refractivity contribution in [1.29, 1.82) is 0 Å². The van der Waals surface area contributed by atoms with E-state index in [9.17, 15) is 0 Å². The van der Waals surface area contributed by atoms with Crippen LogP contribution in [0.15, 0.2) is 47.5 Å². The van der Waals surface area contributed by atoms with E-state index in [-0.39, 0.29) is 24.0 Å². The quantitative estimate of drug-likeness (QED) is 0.183. The first-order chi connectivity index (χ1) is 15.7. The molecule has 0 saturated carbocycles. The number of rotatable bonds is 11. The van der Waals surface area contributed by atoms with Crippen molar-refractivity contribution in [3.8, 4) is 17.2 Å². The second kappa shape index (κ2) is 14.8. The van der Waals surface area contributed by atoms with Crippen LogP contribution in [0.4, 0.5) is 0 Å². The van der Waals surface area contributed by atoms with Crippen LogP contribution in [0.5, 0.6) is 17.2 Å². The lowest BCUT2D eigenvalue weighted by atomic mass is 10.1. The highest BCUT2D eigenvalue weighted by atomic mass is 127. The number of hydrogen-bond acceptors (Lipinski definition) is 5. The molecule has 0 aromatic heterocycles. The zero-order valence-corrected chi connectivity index (χ0v) is 22.1. The Morgan fingerprint density at radius 3 is 2.58 bits per heavy atom. The van der Waals surface area contributed by atoms with E-state index >= 15 is 0 Å². The monoisotopic (exact) mass is 569 g/mol. The highest BCUT2D eigenvalue weighted by Crippen LogP contribution is 2.22. The van der Waals surface area contributed by atoms with E-state index < -0.39 is 0 Å². The van der Waals surface area contributed by atoms with Gasteiger partial charge in [0.1, 0.15) is 17.2 Å². The lowest BCUT2D eigenvalue weighted by molar-refractivity contribution is 0.166. The minimum Gasteiger partial charge on any atom is -0.497 e. The van der Waals surface area contributed by atoms with E-state index in [1.54, 1.807) is 14.2 Å². The molecule has 0 spiro atoms. The maximum atomic E-state index is 6.13. The number of nitrogens with zero attached hydrogens (tertiary/aromatic N) is 1. The van der Waals surface area contributed by atoms with E-state index in [0.29, 0.717) is 25.7 Å². The third-order valence-corrected chi connectivity index (χ3v) is 5.33. The smallest absolute Gasteiger partial charge is 0.191 e. The molecule has 2 N–H and O–H groups in total. The van der Waals surface area contributed by atoms with Gasteiger partial charge in [-0.3, -0.25) is 4.99 Å². The molecule has 8 heteroatoms. The molecule has 33 heavy (non-hydrogen) atoms. The van der Waals surface area contributed by atoms with Gasteiger partial charge in [-0.05, 0) is 55.7 Å². The van der Waals surface area contributed by atoms with E-state index in [4.69, 9.17) is 18.9 Å². The largest absolute Gasteiger partial charge is 0.497 e. The van der Waals surface area contributed by atoms with Crippen LogP contribution in [0.2, 0.25) is 0 Å². The Labute approximate surface area is 214 Å². The summed E-state index contributed by atoms with van der Waals surface area (Å²) in [6, 6.07) is 13.9. The molecule has 0 amide bonds. The minimum atomic E-state index is 0. The fourth-order valence-electron chi connectivity index (χ4n) is 3.41. The second-order valence-corrected chi connectivity index (χ2v) is 7.88. The standard InChI is InChI=1S/C25H35N3O4.HI/c1-19-5-6-21(24(15-19)32-18-20-11-14-30-17-20)16-28-25(26-2)27-12-4-13-31-23-9-7-22(29-3)8-10-23;/h5-10,15,20H,4,11-14,16-18H2,1-3H3,(H2,26,27,28);1H. The molecule has 0 radical (unpaired) electrons. The van der Waals surface area contributed by atoms with E-state index in [1.165, 1.54) is 5.56 Å². The van der Waals surface area contributed by atoms with Crippen molar-refractivity contribution in [3.05, 3.63) is 53.6 Å².